The molecule has 188 valence electrons. The van der Waals surface area contributed by atoms with Gasteiger partial charge in [0.05, 0.1) is 6.04 Å². The highest BCUT2D eigenvalue weighted by Gasteiger charge is 2.31. The highest BCUT2D eigenvalue weighted by molar-refractivity contribution is 5.94. The van der Waals surface area contributed by atoms with Crippen LogP contribution in [0.25, 0.3) is 0 Å². The maximum absolute atomic E-state index is 13.0. The zero-order chi connectivity index (χ0) is 25.8. The summed E-state index contributed by atoms with van der Waals surface area (Å²) in [6, 6.07) is 4.47. The monoisotopic (exact) mass is 478 g/mol. The van der Waals surface area contributed by atoms with Crippen molar-refractivity contribution in [2.45, 2.75) is 70.6 Å². The van der Waals surface area contributed by atoms with Crippen LogP contribution in [0.15, 0.2) is 30.3 Å². The van der Waals surface area contributed by atoms with Gasteiger partial charge in [-0.25, -0.2) is 4.79 Å². The lowest BCUT2D eigenvalue weighted by Gasteiger charge is -2.25. The van der Waals surface area contributed by atoms with Crippen molar-refractivity contribution >= 4 is 29.7 Å². The first-order valence-corrected chi connectivity index (χ1v) is 11.1. The van der Waals surface area contributed by atoms with Gasteiger partial charge in [0.25, 0.3) is 0 Å². The second kappa shape index (κ2) is 13.9. The summed E-state index contributed by atoms with van der Waals surface area (Å²) in [4.78, 5) is 60.1. The molecule has 0 saturated heterocycles. The molecule has 0 heterocycles. The van der Waals surface area contributed by atoms with Crippen LogP contribution in [0.4, 0.5) is 0 Å². The van der Waals surface area contributed by atoms with E-state index < -0.39 is 53.8 Å². The minimum atomic E-state index is -1.18. The number of carboxylic acid groups (broad SMARTS) is 2. The Labute approximate surface area is 198 Å². The zero-order valence-electron chi connectivity index (χ0n) is 19.6. The van der Waals surface area contributed by atoms with Crippen LogP contribution in [-0.4, -0.2) is 64.0 Å². The van der Waals surface area contributed by atoms with Gasteiger partial charge in [-0.15, -0.1) is 0 Å². The number of carboxylic acids is 2. The van der Waals surface area contributed by atoms with E-state index >= 15 is 0 Å². The average Bonchev–Trinajstić information content (AvgIpc) is 2.79. The molecule has 0 spiro atoms. The number of nitrogens with two attached hydrogens (primary N) is 1. The number of carbonyl (C=O) groups excluding carboxylic acids is 3. The fourth-order valence-corrected chi connectivity index (χ4v) is 3.09. The number of benzene rings is 1. The van der Waals surface area contributed by atoms with E-state index in [0.29, 0.717) is 6.42 Å². The van der Waals surface area contributed by atoms with Crippen LogP contribution < -0.4 is 21.7 Å². The molecule has 11 heteroatoms. The van der Waals surface area contributed by atoms with E-state index in [0.717, 1.165) is 5.56 Å². The first-order chi connectivity index (χ1) is 16.0. The van der Waals surface area contributed by atoms with Crippen molar-refractivity contribution in [2.75, 3.05) is 0 Å². The maximum Gasteiger partial charge on any atom is 0.326 e. The minimum Gasteiger partial charge on any atom is -0.481 e. The summed E-state index contributed by atoms with van der Waals surface area (Å²) in [7, 11) is 0. The van der Waals surface area contributed by atoms with E-state index in [1.807, 2.05) is 6.92 Å². The summed E-state index contributed by atoms with van der Waals surface area (Å²) < 4.78 is 0. The highest BCUT2D eigenvalue weighted by atomic mass is 16.4. The smallest absolute Gasteiger partial charge is 0.326 e. The molecule has 5 atom stereocenters. The molecule has 0 fully saturated rings. The summed E-state index contributed by atoms with van der Waals surface area (Å²) in [6.45, 7) is 4.91. The Balaban J connectivity index is 2.92. The molecule has 0 aromatic heterocycles. The van der Waals surface area contributed by atoms with Crippen LogP contribution in [0.5, 0.6) is 0 Å². The molecule has 0 radical (unpaired) electrons. The third kappa shape index (κ3) is 9.57. The SMILES string of the molecule is CCC(C)C(NC(=O)C(Cc1ccccc1)NC(=O)C(C)NC(=O)C(N)CCC(=O)O)C(=O)O. The van der Waals surface area contributed by atoms with Crippen LogP contribution in [0.3, 0.4) is 0 Å². The van der Waals surface area contributed by atoms with E-state index in [4.69, 9.17) is 10.8 Å². The average molecular weight is 479 g/mol. The van der Waals surface area contributed by atoms with Gasteiger partial charge in [0, 0.05) is 12.8 Å². The maximum atomic E-state index is 13.0. The molecule has 0 bridgehead atoms. The molecular formula is C23H34N4O7. The predicted molar refractivity (Wildman–Crippen MR) is 124 cm³/mol. The van der Waals surface area contributed by atoms with Crippen LogP contribution in [0.1, 0.15) is 45.6 Å². The van der Waals surface area contributed by atoms with Gasteiger partial charge >= 0.3 is 11.9 Å². The Hall–Kier alpha value is -3.47. The van der Waals surface area contributed by atoms with E-state index in [-0.39, 0.29) is 25.2 Å². The van der Waals surface area contributed by atoms with Crippen molar-refractivity contribution in [1.82, 2.24) is 16.0 Å². The number of hydrogen-bond donors (Lipinski definition) is 6. The van der Waals surface area contributed by atoms with Crippen molar-refractivity contribution in [3.63, 3.8) is 0 Å². The molecular weight excluding hydrogens is 444 g/mol. The number of rotatable bonds is 14. The summed E-state index contributed by atoms with van der Waals surface area (Å²) in [5.41, 5.74) is 6.40. The first kappa shape index (κ1) is 28.6. The van der Waals surface area contributed by atoms with E-state index in [1.54, 1.807) is 37.3 Å². The molecule has 1 rings (SSSR count). The van der Waals surface area contributed by atoms with E-state index in [1.165, 1.54) is 6.92 Å². The molecule has 34 heavy (non-hydrogen) atoms. The third-order valence-electron chi connectivity index (χ3n) is 5.45. The molecule has 0 aliphatic heterocycles. The van der Waals surface area contributed by atoms with Crippen LogP contribution >= 0.6 is 0 Å². The topological polar surface area (TPSA) is 188 Å². The molecule has 3 amide bonds. The minimum absolute atomic E-state index is 0.0965. The van der Waals surface area contributed by atoms with Gasteiger partial charge < -0.3 is 31.9 Å². The molecule has 1 aromatic rings. The largest absolute Gasteiger partial charge is 0.481 e. The van der Waals surface area contributed by atoms with Crippen molar-refractivity contribution in [3.05, 3.63) is 35.9 Å². The molecule has 11 nitrogen and oxygen atoms in total. The van der Waals surface area contributed by atoms with Gasteiger partial charge in [-0.05, 0) is 24.8 Å². The number of hydrogen-bond acceptors (Lipinski definition) is 6. The van der Waals surface area contributed by atoms with Gasteiger partial charge in [0.2, 0.25) is 17.7 Å². The van der Waals surface area contributed by atoms with Gasteiger partial charge in [-0.2, -0.15) is 0 Å². The lowest BCUT2D eigenvalue weighted by molar-refractivity contribution is -0.144. The standard InChI is InChI=1S/C23H34N4O7/c1-4-13(2)19(23(33)34)27-22(32)17(12-15-8-6-5-7-9-15)26-20(30)14(3)25-21(31)16(24)10-11-18(28)29/h5-9,13-14,16-17,19H,4,10-12,24H2,1-3H3,(H,25,31)(H,26,30)(H,27,32)(H,28,29)(H,33,34). The first-order valence-electron chi connectivity index (χ1n) is 11.1. The van der Waals surface area contributed by atoms with Gasteiger partial charge in [-0.3, -0.25) is 19.2 Å². The Kier molecular flexibility index (Phi) is 11.7. The highest BCUT2D eigenvalue weighted by Crippen LogP contribution is 2.10. The lowest BCUT2D eigenvalue weighted by atomic mass is 9.98. The molecule has 0 saturated carbocycles. The molecule has 0 aliphatic rings. The van der Waals surface area contributed by atoms with E-state index in [9.17, 15) is 29.1 Å². The van der Waals surface area contributed by atoms with Gasteiger partial charge in [0.1, 0.15) is 18.1 Å². The number of aliphatic carboxylic acids is 2. The van der Waals surface area contributed by atoms with Crippen molar-refractivity contribution in [1.29, 1.82) is 0 Å². The molecule has 5 unspecified atom stereocenters. The summed E-state index contributed by atoms with van der Waals surface area (Å²) in [5, 5.41) is 25.7. The Bertz CT molecular complexity index is 862. The number of nitrogens with one attached hydrogen (secondary N) is 3. The predicted octanol–water partition coefficient (Wildman–Crippen LogP) is 0.0262. The third-order valence-corrected chi connectivity index (χ3v) is 5.45. The summed E-state index contributed by atoms with van der Waals surface area (Å²) in [6.07, 6.45) is 0.234. The van der Waals surface area contributed by atoms with Crippen LogP contribution in [0, 0.1) is 5.92 Å². The van der Waals surface area contributed by atoms with Gasteiger partial charge in [0.15, 0.2) is 0 Å². The number of amides is 3. The quantitative estimate of drug-likeness (QED) is 0.216. The molecule has 0 aliphatic carbocycles. The van der Waals surface area contributed by atoms with Crippen molar-refractivity contribution < 1.29 is 34.2 Å². The summed E-state index contributed by atoms with van der Waals surface area (Å²) >= 11 is 0. The second-order valence-corrected chi connectivity index (χ2v) is 8.23. The molecule has 7 N–H and O–H groups in total. The lowest BCUT2D eigenvalue weighted by Crippen LogP contribution is -2.57. The van der Waals surface area contributed by atoms with Crippen LogP contribution in [-0.2, 0) is 30.4 Å². The van der Waals surface area contributed by atoms with Crippen molar-refractivity contribution in [2.24, 2.45) is 11.7 Å². The fraction of sp³-hybridized carbons (Fsp3) is 0.522. The normalized spacial score (nSPS) is 15.2. The molecule has 1 aromatic carbocycles. The van der Waals surface area contributed by atoms with E-state index in [2.05, 4.69) is 16.0 Å². The Morgan fingerprint density at radius 3 is 2.06 bits per heavy atom. The van der Waals surface area contributed by atoms with Crippen molar-refractivity contribution in [3.8, 4) is 0 Å². The summed E-state index contributed by atoms with van der Waals surface area (Å²) in [5.74, 6) is -4.65. The zero-order valence-corrected chi connectivity index (χ0v) is 19.6. The van der Waals surface area contributed by atoms with Gasteiger partial charge in [-0.1, -0.05) is 50.6 Å². The Morgan fingerprint density at radius 1 is 0.912 bits per heavy atom. The Morgan fingerprint density at radius 2 is 1.53 bits per heavy atom. The number of carbonyl (C=O) groups is 5. The fourth-order valence-electron chi connectivity index (χ4n) is 3.09. The van der Waals surface area contributed by atoms with Crippen LogP contribution in [0.2, 0.25) is 0 Å². The second-order valence-electron chi connectivity index (χ2n) is 8.23.